The van der Waals surface area contributed by atoms with Crippen LogP contribution in [0.5, 0.6) is 11.6 Å². The standard InChI is InChI=1S/C12H11ClN2OS/c1-17-10-4-2-9(3-5-10)16-12-7-8(14)6-11(13)15-12/h2-7H,1H3,(H2,14,15). The number of nitrogens with two attached hydrogens (primary N) is 1. The van der Waals surface area contributed by atoms with E-state index in [0.29, 0.717) is 22.5 Å². The van der Waals surface area contributed by atoms with Gasteiger partial charge >= 0.3 is 0 Å². The van der Waals surface area contributed by atoms with E-state index in [-0.39, 0.29) is 0 Å². The Morgan fingerprint density at radius 1 is 1.24 bits per heavy atom. The lowest BCUT2D eigenvalue weighted by Gasteiger charge is -2.06. The minimum absolute atomic E-state index is 0.320. The molecule has 2 N–H and O–H groups in total. The van der Waals surface area contributed by atoms with E-state index in [1.54, 1.807) is 23.9 Å². The number of hydrogen-bond donors (Lipinski definition) is 1. The third-order valence-corrected chi connectivity index (χ3v) is 3.01. The molecule has 0 aliphatic carbocycles. The molecule has 0 aliphatic heterocycles. The first-order valence-electron chi connectivity index (χ1n) is 4.92. The second-order valence-electron chi connectivity index (χ2n) is 3.34. The molecule has 1 aromatic heterocycles. The van der Waals surface area contributed by atoms with Crippen molar-refractivity contribution in [3.63, 3.8) is 0 Å². The highest BCUT2D eigenvalue weighted by molar-refractivity contribution is 7.98. The molecule has 0 amide bonds. The maximum atomic E-state index is 5.79. The third-order valence-electron chi connectivity index (χ3n) is 2.07. The summed E-state index contributed by atoms with van der Waals surface area (Å²) in [5.74, 6) is 1.10. The normalized spacial score (nSPS) is 10.2. The molecule has 0 aliphatic rings. The molecule has 0 unspecified atom stereocenters. The molecule has 1 heterocycles. The van der Waals surface area contributed by atoms with Crippen LogP contribution in [0.25, 0.3) is 0 Å². The van der Waals surface area contributed by atoms with Gasteiger partial charge in [-0.05, 0) is 36.6 Å². The van der Waals surface area contributed by atoms with Gasteiger partial charge in [-0.2, -0.15) is 0 Å². The van der Waals surface area contributed by atoms with Gasteiger partial charge in [0, 0.05) is 16.6 Å². The van der Waals surface area contributed by atoms with Crippen molar-refractivity contribution in [2.75, 3.05) is 12.0 Å². The van der Waals surface area contributed by atoms with Crippen LogP contribution in [-0.4, -0.2) is 11.2 Å². The van der Waals surface area contributed by atoms with Gasteiger partial charge in [-0.25, -0.2) is 4.98 Å². The fraction of sp³-hybridized carbons (Fsp3) is 0.0833. The molecule has 3 nitrogen and oxygen atoms in total. The molecule has 0 saturated heterocycles. The molecule has 88 valence electrons. The summed E-state index contributed by atoms with van der Waals surface area (Å²) in [6.07, 6.45) is 2.02. The van der Waals surface area contributed by atoms with E-state index < -0.39 is 0 Å². The smallest absolute Gasteiger partial charge is 0.222 e. The molecular formula is C12H11ClN2OS. The number of hydrogen-bond acceptors (Lipinski definition) is 4. The van der Waals surface area contributed by atoms with Crippen LogP contribution in [-0.2, 0) is 0 Å². The van der Waals surface area contributed by atoms with Crippen LogP contribution in [0.3, 0.4) is 0 Å². The molecule has 0 atom stereocenters. The third kappa shape index (κ3) is 3.28. The maximum absolute atomic E-state index is 5.79. The van der Waals surface area contributed by atoms with Crippen molar-refractivity contribution in [2.45, 2.75) is 4.90 Å². The van der Waals surface area contributed by atoms with Gasteiger partial charge in [-0.3, -0.25) is 0 Å². The van der Waals surface area contributed by atoms with Gasteiger partial charge in [-0.1, -0.05) is 11.6 Å². The molecule has 5 heteroatoms. The van der Waals surface area contributed by atoms with Crippen molar-refractivity contribution in [1.29, 1.82) is 0 Å². The monoisotopic (exact) mass is 266 g/mol. The molecule has 0 saturated carbocycles. The average molecular weight is 267 g/mol. The minimum atomic E-state index is 0.320. The minimum Gasteiger partial charge on any atom is -0.439 e. The first-order chi connectivity index (χ1) is 8.17. The summed E-state index contributed by atoms with van der Waals surface area (Å²) in [7, 11) is 0. The van der Waals surface area contributed by atoms with Gasteiger partial charge in [0.1, 0.15) is 10.9 Å². The fourth-order valence-electron chi connectivity index (χ4n) is 1.31. The lowest BCUT2D eigenvalue weighted by Crippen LogP contribution is -1.91. The van der Waals surface area contributed by atoms with Gasteiger partial charge in [-0.15, -0.1) is 11.8 Å². The SMILES string of the molecule is CSc1ccc(Oc2cc(N)cc(Cl)n2)cc1. The number of ether oxygens (including phenoxy) is 1. The Bertz CT molecular complexity index is 496. The molecule has 0 radical (unpaired) electrons. The van der Waals surface area contributed by atoms with Crippen molar-refractivity contribution in [3.05, 3.63) is 41.6 Å². The van der Waals surface area contributed by atoms with E-state index in [0.717, 1.165) is 0 Å². The van der Waals surface area contributed by atoms with Crippen molar-refractivity contribution in [2.24, 2.45) is 0 Å². The number of aromatic nitrogens is 1. The van der Waals surface area contributed by atoms with Crippen LogP contribution in [0.15, 0.2) is 41.3 Å². The first-order valence-corrected chi connectivity index (χ1v) is 6.52. The van der Waals surface area contributed by atoms with E-state index in [9.17, 15) is 0 Å². The molecule has 1 aromatic carbocycles. The topological polar surface area (TPSA) is 48.1 Å². The molecule has 2 aromatic rings. The maximum Gasteiger partial charge on any atom is 0.222 e. The summed E-state index contributed by atoms with van der Waals surface area (Å²) < 4.78 is 5.55. The lowest BCUT2D eigenvalue weighted by atomic mass is 10.3. The summed E-state index contributed by atoms with van der Waals surface area (Å²) in [6, 6.07) is 10.9. The number of halogens is 1. The van der Waals surface area contributed by atoms with Crippen LogP contribution >= 0.6 is 23.4 Å². The van der Waals surface area contributed by atoms with E-state index in [1.807, 2.05) is 30.5 Å². The molecule has 2 rings (SSSR count). The van der Waals surface area contributed by atoms with Gasteiger partial charge in [0.2, 0.25) is 5.88 Å². The molecular weight excluding hydrogens is 256 g/mol. The van der Waals surface area contributed by atoms with Gasteiger partial charge in [0.05, 0.1) is 0 Å². The number of anilines is 1. The average Bonchev–Trinajstić information content (AvgIpc) is 2.28. The molecule has 0 bridgehead atoms. The van der Waals surface area contributed by atoms with Crippen molar-refractivity contribution in [3.8, 4) is 11.6 Å². The quantitative estimate of drug-likeness (QED) is 0.677. The van der Waals surface area contributed by atoms with E-state index in [1.165, 1.54) is 4.90 Å². The van der Waals surface area contributed by atoms with Gasteiger partial charge in [0.25, 0.3) is 0 Å². The second kappa shape index (κ2) is 5.29. The Morgan fingerprint density at radius 2 is 1.94 bits per heavy atom. The number of thioether (sulfide) groups is 1. The summed E-state index contributed by atoms with van der Waals surface area (Å²) >= 11 is 7.47. The van der Waals surface area contributed by atoms with E-state index in [2.05, 4.69) is 4.98 Å². The van der Waals surface area contributed by atoms with Gasteiger partial charge < -0.3 is 10.5 Å². The molecule has 0 spiro atoms. The Hall–Kier alpha value is -1.39. The highest BCUT2D eigenvalue weighted by atomic mass is 35.5. The fourth-order valence-corrected chi connectivity index (χ4v) is 1.93. The zero-order valence-corrected chi connectivity index (χ0v) is 10.8. The summed E-state index contributed by atoms with van der Waals surface area (Å²) in [5, 5.41) is 0.320. The first kappa shape index (κ1) is 12.1. The lowest BCUT2D eigenvalue weighted by molar-refractivity contribution is 0.463. The van der Waals surface area contributed by atoms with Crippen molar-refractivity contribution < 1.29 is 4.74 Å². The predicted molar refractivity (Wildman–Crippen MR) is 72.0 cm³/mol. The summed E-state index contributed by atoms with van der Waals surface area (Å²) in [6.45, 7) is 0. The Balaban J connectivity index is 2.19. The Kier molecular flexibility index (Phi) is 3.76. The Labute approximate surface area is 109 Å². The van der Waals surface area contributed by atoms with Crippen LogP contribution in [0.1, 0.15) is 0 Å². The second-order valence-corrected chi connectivity index (χ2v) is 4.61. The van der Waals surface area contributed by atoms with E-state index in [4.69, 9.17) is 22.1 Å². The zero-order chi connectivity index (χ0) is 12.3. The van der Waals surface area contributed by atoms with Crippen LogP contribution in [0.2, 0.25) is 5.15 Å². The van der Waals surface area contributed by atoms with Crippen molar-refractivity contribution in [1.82, 2.24) is 4.98 Å². The zero-order valence-electron chi connectivity index (χ0n) is 9.18. The number of nitrogens with zero attached hydrogens (tertiary/aromatic N) is 1. The number of nitrogen functional groups attached to an aromatic ring is 1. The van der Waals surface area contributed by atoms with E-state index >= 15 is 0 Å². The summed E-state index contributed by atoms with van der Waals surface area (Å²) in [4.78, 5) is 5.21. The molecule has 0 fully saturated rings. The van der Waals surface area contributed by atoms with Crippen LogP contribution < -0.4 is 10.5 Å². The van der Waals surface area contributed by atoms with Crippen molar-refractivity contribution >= 4 is 29.1 Å². The largest absolute Gasteiger partial charge is 0.439 e. The summed E-state index contributed by atoms with van der Waals surface area (Å²) in [5.41, 5.74) is 6.18. The highest BCUT2D eigenvalue weighted by Gasteiger charge is 2.02. The number of pyridine rings is 1. The van der Waals surface area contributed by atoms with Crippen LogP contribution in [0, 0.1) is 0 Å². The Morgan fingerprint density at radius 3 is 2.53 bits per heavy atom. The number of benzene rings is 1. The van der Waals surface area contributed by atoms with Crippen LogP contribution in [0.4, 0.5) is 5.69 Å². The number of rotatable bonds is 3. The molecule has 17 heavy (non-hydrogen) atoms. The predicted octanol–water partition coefficient (Wildman–Crippen LogP) is 3.83. The highest BCUT2D eigenvalue weighted by Crippen LogP contribution is 2.25. The van der Waals surface area contributed by atoms with Gasteiger partial charge in [0.15, 0.2) is 0 Å².